The highest BCUT2D eigenvalue weighted by Crippen LogP contribution is 2.35. The van der Waals surface area contributed by atoms with Crippen LogP contribution in [0.15, 0.2) is 58.5 Å². The van der Waals surface area contributed by atoms with Crippen LogP contribution in [0.4, 0.5) is 11.4 Å². The fraction of sp³-hybridized carbons (Fsp3) is 0.321. The predicted molar refractivity (Wildman–Crippen MR) is 161 cm³/mol. The van der Waals surface area contributed by atoms with Crippen molar-refractivity contribution >= 4 is 48.9 Å². The molecule has 2 aromatic heterocycles. The molecule has 4 aromatic rings. The van der Waals surface area contributed by atoms with Gasteiger partial charge in [-0.2, -0.15) is 4.31 Å². The van der Waals surface area contributed by atoms with E-state index in [4.69, 9.17) is 14.2 Å². The van der Waals surface area contributed by atoms with Crippen LogP contribution in [-0.2, 0) is 21.4 Å². The molecule has 3 heterocycles. The summed E-state index contributed by atoms with van der Waals surface area (Å²) in [5.41, 5.74) is 0.687. The number of hydrogen-bond donors (Lipinski definition) is 1. The normalized spacial score (nSPS) is 14.1. The molecule has 0 bridgehead atoms. The van der Waals surface area contributed by atoms with E-state index < -0.39 is 21.5 Å². The van der Waals surface area contributed by atoms with Gasteiger partial charge in [-0.05, 0) is 31.2 Å². The number of fused-ring (bicyclic) bond motifs is 1. The van der Waals surface area contributed by atoms with E-state index in [0.29, 0.717) is 40.0 Å². The summed E-state index contributed by atoms with van der Waals surface area (Å²) in [7, 11) is 0.559. The van der Waals surface area contributed by atoms with Crippen LogP contribution < -0.4 is 30.0 Å². The van der Waals surface area contributed by atoms with E-state index in [-0.39, 0.29) is 29.9 Å². The number of carbonyl (C=O) groups excluding carboxylic acids is 1. The molecule has 1 aliphatic heterocycles. The van der Waals surface area contributed by atoms with Gasteiger partial charge >= 0.3 is 0 Å². The van der Waals surface area contributed by atoms with E-state index in [2.05, 4.69) is 15.2 Å². The molecule has 42 heavy (non-hydrogen) atoms. The predicted octanol–water partition coefficient (Wildman–Crippen LogP) is 2.94. The number of hydrogen-bond acceptors (Lipinski definition) is 10. The highest BCUT2D eigenvalue weighted by molar-refractivity contribution is 7.89. The quantitative estimate of drug-likeness (QED) is 0.303. The first-order valence-corrected chi connectivity index (χ1v) is 15.3. The maximum Gasteiger partial charge on any atom is 0.263 e. The van der Waals surface area contributed by atoms with E-state index in [0.717, 1.165) is 27.3 Å². The lowest BCUT2D eigenvalue weighted by Crippen LogP contribution is -2.49. The fourth-order valence-corrected chi connectivity index (χ4v) is 8.06. The number of anilines is 2. The average molecular weight is 614 g/mol. The van der Waals surface area contributed by atoms with E-state index in [1.54, 1.807) is 32.2 Å². The minimum absolute atomic E-state index is 0.0120. The molecule has 222 valence electrons. The van der Waals surface area contributed by atoms with Gasteiger partial charge in [-0.3, -0.25) is 14.2 Å². The number of para-hydroxylation sites is 2. The van der Waals surface area contributed by atoms with Gasteiger partial charge in [0, 0.05) is 37.1 Å². The fourth-order valence-electron chi connectivity index (χ4n) is 4.97. The Balaban J connectivity index is 1.39. The Labute approximate surface area is 247 Å². The van der Waals surface area contributed by atoms with Crippen LogP contribution in [0.25, 0.3) is 10.2 Å². The lowest BCUT2D eigenvalue weighted by atomic mass is 10.2. The van der Waals surface area contributed by atoms with Crippen molar-refractivity contribution in [3.05, 3.63) is 64.0 Å². The Morgan fingerprint density at radius 3 is 2.40 bits per heavy atom. The van der Waals surface area contributed by atoms with Crippen LogP contribution >= 0.6 is 11.3 Å². The number of carbonyl (C=O) groups is 1. The second-order valence-corrected chi connectivity index (χ2v) is 12.6. The molecule has 1 fully saturated rings. The number of aromatic nitrogens is 2. The molecule has 0 aliphatic carbocycles. The first kappa shape index (κ1) is 29.4. The topological polar surface area (TPSA) is 132 Å². The number of thiophene rings is 1. The van der Waals surface area contributed by atoms with Crippen molar-refractivity contribution in [3.63, 3.8) is 0 Å². The summed E-state index contributed by atoms with van der Waals surface area (Å²) >= 11 is 1.14. The maximum atomic E-state index is 13.9. The third-order valence-corrected chi connectivity index (χ3v) is 10.3. The Kier molecular flexibility index (Phi) is 8.38. The monoisotopic (exact) mass is 613 g/mol. The third-order valence-electron chi connectivity index (χ3n) is 7.06. The van der Waals surface area contributed by atoms with Gasteiger partial charge in [0.25, 0.3) is 5.56 Å². The van der Waals surface area contributed by atoms with Gasteiger partial charge in [-0.25, -0.2) is 13.4 Å². The van der Waals surface area contributed by atoms with Gasteiger partial charge in [0.05, 0.1) is 44.4 Å². The number of amides is 1. The van der Waals surface area contributed by atoms with E-state index >= 15 is 0 Å². The van der Waals surface area contributed by atoms with Crippen LogP contribution in [0.1, 0.15) is 4.88 Å². The molecule has 1 amide bonds. The Bertz CT molecular complexity index is 1790. The van der Waals surface area contributed by atoms with Crippen molar-refractivity contribution in [1.82, 2.24) is 13.9 Å². The summed E-state index contributed by atoms with van der Waals surface area (Å²) in [6.07, 6.45) is 1.26. The Morgan fingerprint density at radius 1 is 1.00 bits per heavy atom. The van der Waals surface area contributed by atoms with Gasteiger partial charge in [0.2, 0.25) is 15.9 Å². The van der Waals surface area contributed by atoms with Crippen LogP contribution in [0, 0.1) is 6.92 Å². The highest BCUT2D eigenvalue weighted by atomic mass is 32.2. The number of piperazine rings is 1. The standard InChI is InChI=1S/C28H31N5O7S2/c1-18-26(42(36,37)33-13-11-31(12-14-33)21-7-5-6-8-22(21)39-3)25-27(41-18)29-17-32(28(25)35)16-24(34)30-20-10-9-19(38-2)15-23(20)40-4/h5-10,15,17H,11-14,16H2,1-4H3,(H,30,34). The number of rotatable bonds is 9. The molecular weight excluding hydrogens is 582 g/mol. The summed E-state index contributed by atoms with van der Waals surface area (Å²) in [6, 6.07) is 12.5. The number of nitrogens with zero attached hydrogens (tertiary/aromatic N) is 4. The first-order valence-electron chi connectivity index (χ1n) is 13.1. The number of ether oxygens (including phenoxy) is 3. The molecule has 5 rings (SSSR count). The maximum absolute atomic E-state index is 13.9. The molecule has 1 N–H and O–H groups in total. The number of aryl methyl sites for hydroxylation is 1. The number of sulfonamides is 1. The number of nitrogens with one attached hydrogen (secondary N) is 1. The van der Waals surface area contributed by atoms with Gasteiger partial charge in [0.1, 0.15) is 33.5 Å². The van der Waals surface area contributed by atoms with Crippen molar-refractivity contribution < 1.29 is 27.4 Å². The second kappa shape index (κ2) is 12.0. The van der Waals surface area contributed by atoms with Crippen molar-refractivity contribution in [2.24, 2.45) is 0 Å². The molecular formula is C28H31N5O7S2. The molecule has 14 heteroatoms. The molecule has 0 radical (unpaired) electrons. The smallest absolute Gasteiger partial charge is 0.263 e. The molecule has 1 aliphatic rings. The molecule has 12 nitrogen and oxygen atoms in total. The van der Waals surface area contributed by atoms with E-state index in [9.17, 15) is 18.0 Å². The zero-order valence-electron chi connectivity index (χ0n) is 23.6. The molecule has 1 saturated heterocycles. The van der Waals surface area contributed by atoms with Crippen LogP contribution in [0.2, 0.25) is 0 Å². The van der Waals surface area contributed by atoms with Crippen LogP contribution in [0.5, 0.6) is 17.2 Å². The van der Waals surface area contributed by atoms with Gasteiger partial charge in [-0.1, -0.05) is 12.1 Å². The third kappa shape index (κ3) is 5.52. The van der Waals surface area contributed by atoms with Crippen LogP contribution in [-0.4, -0.2) is 75.7 Å². The largest absolute Gasteiger partial charge is 0.497 e. The van der Waals surface area contributed by atoms with Crippen molar-refractivity contribution in [3.8, 4) is 17.2 Å². The lowest BCUT2D eigenvalue weighted by Gasteiger charge is -2.35. The van der Waals surface area contributed by atoms with Crippen molar-refractivity contribution in [1.29, 1.82) is 0 Å². The minimum atomic E-state index is -4.03. The van der Waals surface area contributed by atoms with E-state index in [1.165, 1.54) is 24.9 Å². The lowest BCUT2D eigenvalue weighted by molar-refractivity contribution is -0.116. The zero-order valence-corrected chi connectivity index (χ0v) is 25.3. The summed E-state index contributed by atoms with van der Waals surface area (Å²) in [4.78, 5) is 33.6. The van der Waals surface area contributed by atoms with Crippen molar-refractivity contribution in [2.75, 3.05) is 57.7 Å². The molecule has 0 spiro atoms. The molecule has 2 aromatic carbocycles. The SMILES string of the molecule is COc1ccc(NC(=O)Cn2cnc3sc(C)c(S(=O)(=O)N4CCN(c5ccccc5OC)CC4)c3c2=O)c(OC)c1. The molecule has 0 atom stereocenters. The van der Waals surface area contributed by atoms with Gasteiger partial charge in [-0.15, -0.1) is 11.3 Å². The minimum Gasteiger partial charge on any atom is -0.497 e. The summed E-state index contributed by atoms with van der Waals surface area (Å²) in [6.45, 7) is 2.67. The number of methoxy groups -OCH3 is 3. The molecule has 0 saturated carbocycles. The first-order chi connectivity index (χ1) is 20.2. The second-order valence-electron chi connectivity index (χ2n) is 9.52. The molecule has 0 unspecified atom stereocenters. The average Bonchev–Trinajstić information content (AvgIpc) is 3.36. The number of benzene rings is 2. The summed E-state index contributed by atoms with van der Waals surface area (Å²) in [5, 5.41) is 2.71. The summed E-state index contributed by atoms with van der Waals surface area (Å²) in [5.74, 6) is 1.15. The zero-order chi connectivity index (χ0) is 30.0. The highest BCUT2D eigenvalue weighted by Gasteiger charge is 2.34. The van der Waals surface area contributed by atoms with Crippen molar-refractivity contribution in [2.45, 2.75) is 18.4 Å². The van der Waals surface area contributed by atoms with E-state index in [1.807, 2.05) is 24.3 Å². The van der Waals surface area contributed by atoms with Gasteiger partial charge < -0.3 is 24.4 Å². The summed E-state index contributed by atoms with van der Waals surface area (Å²) < 4.78 is 46.3. The van der Waals surface area contributed by atoms with Gasteiger partial charge in [0.15, 0.2) is 0 Å². The Morgan fingerprint density at radius 2 is 1.71 bits per heavy atom. The Hall–Kier alpha value is -4.14. The van der Waals surface area contributed by atoms with Crippen LogP contribution in [0.3, 0.4) is 0 Å².